The smallest absolute Gasteiger partial charge is 0.00822 e. The number of nitrogens with one attached hydrogen (secondary N) is 1. The number of nitrogens with zero attached hydrogens (tertiary/aromatic N) is 1. The Balaban J connectivity index is 2.29. The lowest BCUT2D eigenvalue weighted by Crippen LogP contribution is -2.34. The maximum atomic E-state index is 3.63. The van der Waals surface area contributed by atoms with Gasteiger partial charge in [-0.2, -0.15) is 11.3 Å². The third-order valence-corrected chi connectivity index (χ3v) is 4.27. The normalized spacial score (nSPS) is 13.1. The van der Waals surface area contributed by atoms with Crippen molar-refractivity contribution in [3.8, 4) is 0 Å². The standard InChI is InChI=1S/C15H28N2S/c1-4-16-15(9-11-17(5-2)6-3)8-7-14-10-12-18-13-14/h10,12-13,15-16H,4-9,11H2,1-3H3. The number of hydrogen-bond donors (Lipinski definition) is 1. The van der Waals surface area contributed by atoms with Gasteiger partial charge in [-0.3, -0.25) is 0 Å². The molecule has 0 saturated carbocycles. The van der Waals surface area contributed by atoms with E-state index >= 15 is 0 Å². The molecule has 0 saturated heterocycles. The Morgan fingerprint density at radius 1 is 1.22 bits per heavy atom. The van der Waals surface area contributed by atoms with Gasteiger partial charge in [0.1, 0.15) is 0 Å². The Labute approximate surface area is 116 Å². The van der Waals surface area contributed by atoms with Crippen molar-refractivity contribution in [2.24, 2.45) is 0 Å². The average molecular weight is 268 g/mol. The van der Waals surface area contributed by atoms with E-state index in [1.165, 1.54) is 44.5 Å². The maximum absolute atomic E-state index is 3.63. The van der Waals surface area contributed by atoms with Crippen LogP contribution in [-0.4, -0.2) is 37.1 Å². The quantitative estimate of drug-likeness (QED) is 0.700. The molecule has 0 bridgehead atoms. The minimum atomic E-state index is 0.662. The van der Waals surface area contributed by atoms with Crippen molar-refractivity contribution >= 4 is 11.3 Å². The van der Waals surface area contributed by atoms with Crippen molar-refractivity contribution in [3.05, 3.63) is 22.4 Å². The SMILES string of the molecule is CCNC(CCc1ccsc1)CCN(CC)CC. The fourth-order valence-corrected chi connectivity index (χ4v) is 2.99. The first-order valence-electron chi connectivity index (χ1n) is 7.26. The zero-order valence-electron chi connectivity index (χ0n) is 12.1. The van der Waals surface area contributed by atoms with Gasteiger partial charge in [0.05, 0.1) is 0 Å². The van der Waals surface area contributed by atoms with Crippen molar-refractivity contribution in [2.75, 3.05) is 26.2 Å². The summed E-state index contributed by atoms with van der Waals surface area (Å²) in [7, 11) is 0. The fourth-order valence-electron chi connectivity index (χ4n) is 2.29. The van der Waals surface area contributed by atoms with Gasteiger partial charge in [-0.25, -0.2) is 0 Å². The van der Waals surface area contributed by atoms with Gasteiger partial charge in [0.15, 0.2) is 0 Å². The first-order valence-corrected chi connectivity index (χ1v) is 8.21. The van der Waals surface area contributed by atoms with Crippen molar-refractivity contribution < 1.29 is 0 Å². The molecule has 0 aliphatic carbocycles. The summed E-state index contributed by atoms with van der Waals surface area (Å²) in [5, 5.41) is 8.07. The lowest BCUT2D eigenvalue weighted by atomic mass is 10.0. The molecular weight excluding hydrogens is 240 g/mol. The second-order valence-electron chi connectivity index (χ2n) is 4.74. The minimum Gasteiger partial charge on any atom is -0.314 e. The van der Waals surface area contributed by atoms with E-state index < -0.39 is 0 Å². The van der Waals surface area contributed by atoms with Crippen LogP contribution in [0.2, 0.25) is 0 Å². The lowest BCUT2D eigenvalue weighted by Gasteiger charge is -2.23. The molecule has 1 aromatic rings. The van der Waals surface area contributed by atoms with Gasteiger partial charge in [-0.05, 0) is 67.8 Å². The highest BCUT2D eigenvalue weighted by molar-refractivity contribution is 7.07. The zero-order chi connectivity index (χ0) is 13.2. The molecule has 2 nitrogen and oxygen atoms in total. The van der Waals surface area contributed by atoms with Crippen molar-refractivity contribution in [2.45, 2.75) is 46.1 Å². The minimum absolute atomic E-state index is 0.662. The summed E-state index contributed by atoms with van der Waals surface area (Å²) in [4.78, 5) is 2.51. The van der Waals surface area contributed by atoms with Gasteiger partial charge < -0.3 is 10.2 Å². The van der Waals surface area contributed by atoms with Crippen LogP contribution in [0.4, 0.5) is 0 Å². The molecule has 0 aliphatic rings. The second-order valence-corrected chi connectivity index (χ2v) is 5.52. The number of hydrogen-bond acceptors (Lipinski definition) is 3. The van der Waals surface area contributed by atoms with Crippen LogP contribution >= 0.6 is 11.3 Å². The molecule has 0 aromatic carbocycles. The average Bonchev–Trinajstić information content (AvgIpc) is 2.90. The molecule has 1 heterocycles. The molecule has 1 N–H and O–H groups in total. The van der Waals surface area contributed by atoms with E-state index in [-0.39, 0.29) is 0 Å². The molecule has 0 aliphatic heterocycles. The molecule has 1 aromatic heterocycles. The summed E-state index contributed by atoms with van der Waals surface area (Å²) >= 11 is 1.80. The van der Waals surface area contributed by atoms with E-state index in [0.717, 1.165) is 6.54 Å². The topological polar surface area (TPSA) is 15.3 Å². The maximum Gasteiger partial charge on any atom is 0.00822 e. The van der Waals surface area contributed by atoms with Crippen molar-refractivity contribution in [1.82, 2.24) is 10.2 Å². The molecule has 3 heteroatoms. The summed E-state index contributed by atoms with van der Waals surface area (Å²) in [6.07, 6.45) is 3.73. The van der Waals surface area contributed by atoms with E-state index in [9.17, 15) is 0 Å². The van der Waals surface area contributed by atoms with Crippen molar-refractivity contribution in [1.29, 1.82) is 0 Å². The van der Waals surface area contributed by atoms with E-state index in [1.807, 2.05) is 0 Å². The summed E-state index contributed by atoms with van der Waals surface area (Å²) in [6.45, 7) is 11.3. The highest BCUT2D eigenvalue weighted by Crippen LogP contribution is 2.11. The first kappa shape index (κ1) is 15.7. The van der Waals surface area contributed by atoms with Crippen LogP contribution in [0.5, 0.6) is 0 Å². The Morgan fingerprint density at radius 3 is 2.56 bits per heavy atom. The monoisotopic (exact) mass is 268 g/mol. The molecular formula is C15H28N2S. The van der Waals surface area contributed by atoms with Crippen molar-refractivity contribution in [3.63, 3.8) is 0 Å². The van der Waals surface area contributed by atoms with Gasteiger partial charge in [-0.15, -0.1) is 0 Å². The number of rotatable bonds is 10. The number of thiophene rings is 1. The molecule has 0 amide bonds. The molecule has 1 unspecified atom stereocenters. The Hall–Kier alpha value is -0.380. The molecule has 1 atom stereocenters. The molecule has 104 valence electrons. The van der Waals surface area contributed by atoms with Crippen LogP contribution in [0.1, 0.15) is 39.2 Å². The molecule has 1 rings (SSSR count). The van der Waals surface area contributed by atoms with Gasteiger partial charge in [-0.1, -0.05) is 20.8 Å². The predicted molar refractivity (Wildman–Crippen MR) is 82.5 cm³/mol. The van der Waals surface area contributed by atoms with Crippen LogP contribution in [0.15, 0.2) is 16.8 Å². The Kier molecular flexibility index (Phi) is 8.31. The molecule has 0 radical (unpaired) electrons. The third kappa shape index (κ3) is 5.98. The van der Waals surface area contributed by atoms with Gasteiger partial charge >= 0.3 is 0 Å². The summed E-state index contributed by atoms with van der Waals surface area (Å²) in [5.41, 5.74) is 1.49. The Morgan fingerprint density at radius 2 is 2.00 bits per heavy atom. The van der Waals surface area contributed by atoms with Crippen LogP contribution in [0.3, 0.4) is 0 Å². The predicted octanol–water partition coefficient (Wildman–Crippen LogP) is 3.39. The second kappa shape index (κ2) is 9.54. The molecule has 0 spiro atoms. The number of aryl methyl sites for hydroxylation is 1. The van der Waals surface area contributed by atoms with Crippen LogP contribution < -0.4 is 5.32 Å². The zero-order valence-corrected chi connectivity index (χ0v) is 12.9. The summed E-state index contributed by atoms with van der Waals surface area (Å²) in [5.74, 6) is 0. The Bertz CT molecular complexity index is 281. The third-order valence-electron chi connectivity index (χ3n) is 3.54. The highest BCUT2D eigenvalue weighted by atomic mass is 32.1. The van der Waals surface area contributed by atoms with E-state index in [1.54, 1.807) is 11.3 Å². The van der Waals surface area contributed by atoms with Gasteiger partial charge in [0.25, 0.3) is 0 Å². The van der Waals surface area contributed by atoms with Gasteiger partial charge in [0.2, 0.25) is 0 Å². The lowest BCUT2D eigenvalue weighted by molar-refractivity contribution is 0.278. The van der Waals surface area contributed by atoms with Crippen LogP contribution in [0.25, 0.3) is 0 Å². The summed E-state index contributed by atoms with van der Waals surface area (Å²) in [6, 6.07) is 2.91. The molecule has 0 fully saturated rings. The van der Waals surface area contributed by atoms with E-state index in [0.29, 0.717) is 6.04 Å². The first-order chi connectivity index (χ1) is 8.80. The fraction of sp³-hybridized carbons (Fsp3) is 0.733. The van der Waals surface area contributed by atoms with E-state index in [2.05, 4.69) is 47.8 Å². The largest absolute Gasteiger partial charge is 0.314 e. The summed E-state index contributed by atoms with van der Waals surface area (Å²) < 4.78 is 0. The van der Waals surface area contributed by atoms with Crippen LogP contribution in [0, 0.1) is 0 Å². The van der Waals surface area contributed by atoms with Crippen LogP contribution in [-0.2, 0) is 6.42 Å². The van der Waals surface area contributed by atoms with E-state index in [4.69, 9.17) is 0 Å². The molecule has 18 heavy (non-hydrogen) atoms. The highest BCUT2D eigenvalue weighted by Gasteiger charge is 2.09. The van der Waals surface area contributed by atoms with Gasteiger partial charge in [0, 0.05) is 6.04 Å².